The molecule has 0 aliphatic carbocycles. The number of fused-ring (bicyclic) bond motifs is 1. The Morgan fingerprint density at radius 2 is 2.17 bits per heavy atom. The number of nitrogens with one attached hydrogen (secondary N) is 1. The molecule has 3 aromatic rings. The van der Waals surface area contributed by atoms with Gasteiger partial charge in [0.15, 0.2) is 0 Å². The van der Waals surface area contributed by atoms with Crippen molar-refractivity contribution < 1.29 is 4.79 Å². The molecule has 0 spiro atoms. The van der Waals surface area contributed by atoms with E-state index in [9.17, 15) is 4.79 Å². The average molecular weight is 320 g/mol. The summed E-state index contributed by atoms with van der Waals surface area (Å²) in [7, 11) is 0. The van der Waals surface area contributed by atoms with Crippen LogP contribution in [-0.4, -0.2) is 39.1 Å². The number of carbonyl (C=O) groups excluding carboxylic acids is 1. The number of amides is 1. The second-order valence-corrected chi connectivity index (χ2v) is 6.42. The van der Waals surface area contributed by atoms with Crippen molar-refractivity contribution in [1.29, 1.82) is 0 Å². The first-order valence-corrected chi connectivity index (χ1v) is 8.42. The second-order valence-electron chi connectivity index (χ2n) is 6.42. The lowest BCUT2D eigenvalue weighted by molar-refractivity contribution is 0.0675. The first-order valence-electron chi connectivity index (χ1n) is 8.42. The Kier molecular flexibility index (Phi) is 3.99. The topological polar surface area (TPSA) is 61.9 Å². The molecule has 24 heavy (non-hydrogen) atoms. The number of carbonyl (C=O) groups is 1. The minimum atomic E-state index is 0.114. The van der Waals surface area contributed by atoms with E-state index in [1.807, 2.05) is 41.3 Å². The van der Waals surface area contributed by atoms with E-state index >= 15 is 0 Å². The molecule has 1 atom stereocenters. The van der Waals surface area contributed by atoms with E-state index in [4.69, 9.17) is 0 Å². The maximum absolute atomic E-state index is 13.0. The predicted octanol–water partition coefficient (Wildman–Crippen LogP) is 3.05. The molecule has 1 aliphatic rings. The fraction of sp³-hybridized carbons (Fsp3) is 0.316. The van der Waals surface area contributed by atoms with Gasteiger partial charge in [-0.15, -0.1) is 0 Å². The standard InChI is InChI=1S/C19H20N4O/c24-19(17-5-1-7-18-16(17)6-2-9-20-18)23-11-3-4-14(13-23)12-15-8-10-21-22-15/h1-2,5-10,14H,3-4,11-13H2,(H,21,22). The van der Waals surface area contributed by atoms with Gasteiger partial charge in [0.25, 0.3) is 5.91 Å². The zero-order valence-corrected chi connectivity index (χ0v) is 13.5. The molecule has 0 radical (unpaired) electrons. The summed E-state index contributed by atoms with van der Waals surface area (Å²) >= 11 is 0. The summed E-state index contributed by atoms with van der Waals surface area (Å²) in [6, 6.07) is 11.6. The third kappa shape index (κ3) is 2.89. The molecule has 1 fully saturated rings. The van der Waals surface area contributed by atoms with E-state index in [0.29, 0.717) is 5.92 Å². The Morgan fingerprint density at radius 1 is 1.21 bits per heavy atom. The summed E-state index contributed by atoms with van der Waals surface area (Å²) in [6.45, 7) is 1.63. The van der Waals surface area contributed by atoms with Crippen molar-refractivity contribution >= 4 is 16.8 Å². The maximum atomic E-state index is 13.0. The maximum Gasteiger partial charge on any atom is 0.254 e. The highest BCUT2D eigenvalue weighted by molar-refractivity contribution is 6.06. The van der Waals surface area contributed by atoms with Crippen molar-refractivity contribution in [2.45, 2.75) is 19.3 Å². The van der Waals surface area contributed by atoms with E-state index in [1.54, 1.807) is 12.4 Å². The SMILES string of the molecule is O=C(c1cccc2ncccc12)N1CCCC(Cc2ccn[nH]2)C1. The van der Waals surface area contributed by atoms with Crippen LogP contribution < -0.4 is 0 Å². The van der Waals surface area contributed by atoms with Crippen LogP contribution >= 0.6 is 0 Å². The third-order valence-corrected chi connectivity index (χ3v) is 4.75. The third-order valence-electron chi connectivity index (χ3n) is 4.75. The molecule has 1 amide bonds. The van der Waals surface area contributed by atoms with E-state index < -0.39 is 0 Å². The van der Waals surface area contributed by atoms with Crippen LogP contribution in [0.1, 0.15) is 28.9 Å². The van der Waals surface area contributed by atoms with E-state index in [1.165, 1.54) is 0 Å². The summed E-state index contributed by atoms with van der Waals surface area (Å²) in [5, 5.41) is 7.96. The van der Waals surface area contributed by atoms with Crippen LogP contribution in [0.15, 0.2) is 48.8 Å². The van der Waals surface area contributed by atoms with Crippen LogP contribution in [-0.2, 0) is 6.42 Å². The number of H-pyrrole nitrogens is 1. The van der Waals surface area contributed by atoms with Gasteiger partial charge < -0.3 is 4.90 Å². The normalized spacial score (nSPS) is 18.0. The first-order chi connectivity index (χ1) is 11.8. The van der Waals surface area contributed by atoms with Gasteiger partial charge in [-0.05, 0) is 49.4 Å². The van der Waals surface area contributed by atoms with Gasteiger partial charge >= 0.3 is 0 Å². The summed E-state index contributed by atoms with van der Waals surface area (Å²) < 4.78 is 0. The van der Waals surface area contributed by atoms with Crippen LogP contribution in [0.2, 0.25) is 0 Å². The van der Waals surface area contributed by atoms with Crippen molar-refractivity contribution in [3.63, 3.8) is 0 Å². The number of piperidine rings is 1. The molecule has 3 heterocycles. The Bertz CT molecular complexity index is 838. The zero-order valence-electron chi connectivity index (χ0n) is 13.5. The average Bonchev–Trinajstić information content (AvgIpc) is 3.14. The number of hydrogen-bond donors (Lipinski definition) is 1. The Hall–Kier alpha value is -2.69. The number of aromatic nitrogens is 3. The fourth-order valence-corrected chi connectivity index (χ4v) is 3.59. The highest BCUT2D eigenvalue weighted by Gasteiger charge is 2.25. The van der Waals surface area contributed by atoms with E-state index in [2.05, 4.69) is 15.2 Å². The molecular weight excluding hydrogens is 300 g/mol. The van der Waals surface area contributed by atoms with Crippen LogP contribution in [0.3, 0.4) is 0 Å². The molecule has 1 N–H and O–H groups in total. The minimum Gasteiger partial charge on any atom is -0.338 e. The lowest BCUT2D eigenvalue weighted by atomic mass is 9.93. The van der Waals surface area contributed by atoms with Gasteiger partial charge in [0, 0.05) is 42.1 Å². The number of nitrogens with zero attached hydrogens (tertiary/aromatic N) is 3. The van der Waals surface area contributed by atoms with Crippen molar-refractivity contribution in [3.05, 3.63) is 60.0 Å². The summed E-state index contributed by atoms with van der Waals surface area (Å²) in [5.74, 6) is 0.596. The monoisotopic (exact) mass is 320 g/mol. The van der Waals surface area contributed by atoms with Crippen LogP contribution in [0.5, 0.6) is 0 Å². The first kappa shape index (κ1) is 14.9. The van der Waals surface area contributed by atoms with Crippen molar-refractivity contribution in [2.75, 3.05) is 13.1 Å². The largest absolute Gasteiger partial charge is 0.338 e. The predicted molar refractivity (Wildman–Crippen MR) is 92.7 cm³/mol. The van der Waals surface area contributed by atoms with Gasteiger partial charge in [0.05, 0.1) is 5.52 Å². The fourth-order valence-electron chi connectivity index (χ4n) is 3.59. The molecule has 0 bridgehead atoms. The number of benzene rings is 1. The minimum absolute atomic E-state index is 0.114. The van der Waals surface area contributed by atoms with Crippen LogP contribution in [0.25, 0.3) is 10.9 Å². The molecule has 2 aromatic heterocycles. The lowest BCUT2D eigenvalue weighted by Crippen LogP contribution is -2.40. The quantitative estimate of drug-likeness (QED) is 0.807. The number of rotatable bonds is 3. The summed E-state index contributed by atoms with van der Waals surface area (Å²) in [6.07, 6.45) is 6.69. The van der Waals surface area contributed by atoms with Crippen molar-refractivity contribution in [3.8, 4) is 0 Å². The molecule has 4 rings (SSSR count). The number of pyridine rings is 1. The zero-order chi connectivity index (χ0) is 16.4. The summed E-state index contributed by atoms with van der Waals surface area (Å²) in [5.41, 5.74) is 2.76. The van der Waals surface area contributed by atoms with Gasteiger partial charge in [0.2, 0.25) is 0 Å². The van der Waals surface area contributed by atoms with E-state index in [0.717, 1.165) is 54.5 Å². The van der Waals surface area contributed by atoms with Gasteiger partial charge in [-0.25, -0.2) is 0 Å². The molecule has 5 heteroatoms. The van der Waals surface area contributed by atoms with E-state index in [-0.39, 0.29) is 5.91 Å². The molecule has 1 saturated heterocycles. The van der Waals surface area contributed by atoms with Gasteiger partial charge in [-0.2, -0.15) is 5.10 Å². The van der Waals surface area contributed by atoms with Crippen molar-refractivity contribution in [1.82, 2.24) is 20.1 Å². The molecule has 1 aromatic carbocycles. The molecule has 0 saturated carbocycles. The molecule has 5 nitrogen and oxygen atoms in total. The Balaban J connectivity index is 1.55. The van der Waals surface area contributed by atoms with Crippen molar-refractivity contribution in [2.24, 2.45) is 5.92 Å². The smallest absolute Gasteiger partial charge is 0.254 e. The highest BCUT2D eigenvalue weighted by Crippen LogP contribution is 2.24. The van der Waals surface area contributed by atoms with Crippen LogP contribution in [0, 0.1) is 5.92 Å². The van der Waals surface area contributed by atoms with Gasteiger partial charge in [0.1, 0.15) is 0 Å². The molecular formula is C19H20N4O. The molecule has 1 unspecified atom stereocenters. The molecule has 122 valence electrons. The second kappa shape index (κ2) is 6.43. The lowest BCUT2D eigenvalue weighted by Gasteiger charge is -2.33. The Labute approximate surface area is 140 Å². The number of likely N-dealkylation sites (tertiary alicyclic amines) is 1. The summed E-state index contributed by atoms with van der Waals surface area (Å²) in [4.78, 5) is 19.4. The highest BCUT2D eigenvalue weighted by atomic mass is 16.2. The van der Waals surface area contributed by atoms with Crippen LogP contribution in [0.4, 0.5) is 0 Å². The van der Waals surface area contributed by atoms with Gasteiger partial charge in [-0.3, -0.25) is 14.9 Å². The molecule has 1 aliphatic heterocycles. The van der Waals surface area contributed by atoms with Gasteiger partial charge in [-0.1, -0.05) is 12.1 Å². The number of hydrogen-bond acceptors (Lipinski definition) is 3. The Morgan fingerprint density at radius 3 is 3.04 bits per heavy atom. The number of aromatic amines is 1.